The number of hydrogen-bond acceptors (Lipinski definition) is 19. The third-order valence-corrected chi connectivity index (χ3v) is 19.4. The molecule has 0 amide bonds. The number of rotatable bonds is 36. The molecule has 0 spiro atoms. The molecule has 6 atom stereocenters. The average Bonchev–Trinajstić information content (AvgIpc) is 0.807. The van der Waals surface area contributed by atoms with Crippen LogP contribution in [0.15, 0.2) is 243 Å². The maximum atomic E-state index is 16.3. The molecule has 1 aliphatic rings. The highest BCUT2D eigenvalue weighted by Gasteiger charge is 2.63. The molecule has 23 heteroatoms. The molecule has 8 aromatic carbocycles. The van der Waals surface area contributed by atoms with E-state index < -0.39 is 100 Å². The Morgan fingerprint density at radius 1 is 0.289 bits per heavy atom. The van der Waals surface area contributed by atoms with Crippen molar-refractivity contribution in [2.45, 2.75) is 109 Å². The molecule has 0 unspecified atom stereocenters. The molecule has 1 fully saturated rings. The van der Waals surface area contributed by atoms with Gasteiger partial charge in [0.2, 0.25) is 0 Å². The molecule has 9 rings (SSSR count). The van der Waals surface area contributed by atoms with Crippen LogP contribution in [0.2, 0.25) is 0 Å². The van der Waals surface area contributed by atoms with E-state index in [0.717, 1.165) is 0 Å². The second-order valence-electron chi connectivity index (χ2n) is 20.5. The highest BCUT2D eigenvalue weighted by Crippen LogP contribution is 2.63. The van der Waals surface area contributed by atoms with Crippen molar-refractivity contribution < 1.29 is 86.8 Å². The molecular weight excluding hydrogens is 1230 g/mol. The van der Waals surface area contributed by atoms with Gasteiger partial charge in [-0.3, -0.25) is 59.1 Å². The van der Waals surface area contributed by atoms with Crippen LogP contribution in [0.1, 0.15) is 64.3 Å². The quantitative estimate of drug-likeness (QED) is 0.0264. The normalized spacial score (nSPS) is 18.0. The van der Waals surface area contributed by atoms with E-state index in [0.29, 0.717) is 44.5 Å². The summed E-state index contributed by atoms with van der Waals surface area (Å²) >= 11 is 0. The molecule has 0 saturated heterocycles. The van der Waals surface area contributed by atoms with Gasteiger partial charge in [0, 0.05) is 13.5 Å². The summed E-state index contributed by atoms with van der Waals surface area (Å²) in [6, 6.07) is 69.8. The van der Waals surface area contributed by atoms with Crippen molar-refractivity contribution in [3.05, 3.63) is 287 Å². The van der Waals surface area contributed by atoms with Crippen LogP contribution in [0, 0.1) is 0 Å². The summed E-state index contributed by atoms with van der Waals surface area (Å²) in [7, 11) is -19.5. The Hall–Kier alpha value is -6.37. The molecule has 0 aliphatic heterocycles. The molecular formula is C67H72O19P4. The fourth-order valence-corrected chi connectivity index (χ4v) is 14.6. The van der Waals surface area contributed by atoms with Crippen molar-refractivity contribution in [1.82, 2.24) is 0 Å². The van der Waals surface area contributed by atoms with Crippen molar-refractivity contribution in [3.63, 3.8) is 0 Å². The lowest BCUT2D eigenvalue weighted by molar-refractivity contribution is -0.230. The van der Waals surface area contributed by atoms with Crippen molar-refractivity contribution in [1.29, 1.82) is 0 Å². The van der Waals surface area contributed by atoms with Gasteiger partial charge in [-0.2, -0.15) is 0 Å². The van der Waals surface area contributed by atoms with Crippen molar-refractivity contribution >= 4 is 37.3 Å². The SMILES string of the molecule is CCCC(=O)O[C@@H]1[C@H](OC)[C@@H](OP(=O)(OCc2ccccc2)OCc2ccccc2)[C@H](OP(=O)(OCc2ccccc2)OCc2ccccc2)[C@@H](OP(=O)(OCc2ccccc2)OCc2ccccc2)[C@@H]1OP(=O)(OCc1ccccc1)OCc1ccccc1. The first-order valence-corrected chi connectivity index (χ1v) is 35.0. The standard InChI is InChI=1S/C67H72O19P4/c1-3-28-61(68)82-63-62(73-2)64(83-87(69,74-45-53-29-12-4-13-30-53)75-46-54-31-14-5-15-32-54)66(85-89(71,78-49-57-37-20-8-21-38-57)79-50-58-39-22-9-23-40-58)67(86-90(72,80-51-59-41-24-10-25-42-59)81-52-60-43-26-11-27-44-60)65(63)84-88(70,76-47-55-33-16-6-17-34-55)77-48-56-35-18-7-19-36-56/h4-27,29-44,62-67H,3,28,45-52H2,1-2H3/t62-,63+,64+,65+,66-,67-/m0/s1. The molecule has 19 nitrogen and oxygen atoms in total. The van der Waals surface area contributed by atoms with E-state index in [1.54, 1.807) is 250 Å². The summed E-state index contributed by atoms with van der Waals surface area (Å²) in [5.74, 6) is -0.851. The Balaban J connectivity index is 1.26. The van der Waals surface area contributed by atoms with Gasteiger partial charge >= 0.3 is 37.3 Å². The third kappa shape index (κ3) is 21.1. The molecule has 90 heavy (non-hydrogen) atoms. The molecule has 1 saturated carbocycles. The van der Waals surface area contributed by atoms with E-state index in [-0.39, 0.29) is 39.3 Å². The minimum absolute atomic E-state index is 0.198. The van der Waals surface area contributed by atoms with Gasteiger partial charge in [-0.05, 0) is 50.9 Å². The predicted octanol–water partition coefficient (Wildman–Crippen LogP) is 16.4. The second-order valence-corrected chi connectivity index (χ2v) is 27.0. The number of carbonyl (C=O) groups excluding carboxylic acids is 1. The Bertz CT molecular complexity index is 3400. The second kappa shape index (κ2) is 34.3. The largest absolute Gasteiger partial charge is 0.475 e. The minimum Gasteiger partial charge on any atom is -0.457 e. The summed E-state index contributed by atoms with van der Waals surface area (Å²) in [5, 5.41) is 0. The van der Waals surface area contributed by atoms with E-state index >= 15 is 18.3 Å². The topological polar surface area (TPSA) is 215 Å². The lowest BCUT2D eigenvalue weighted by Gasteiger charge is -2.49. The number of esters is 1. The van der Waals surface area contributed by atoms with Crippen LogP contribution in [0.25, 0.3) is 0 Å². The third-order valence-electron chi connectivity index (χ3n) is 13.8. The Kier molecular flexibility index (Phi) is 25.9. The summed E-state index contributed by atoms with van der Waals surface area (Å²) in [5.41, 5.74) is 4.28. The number of hydrogen-bond donors (Lipinski definition) is 0. The first-order valence-electron chi connectivity index (χ1n) is 29.1. The van der Waals surface area contributed by atoms with Crippen LogP contribution in [-0.2, 0) is 140 Å². The van der Waals surface area contributed by atoms with Crippen LogP contribution in [0.4, 0.5) is 0 Å². The van der Waals surface area contributed by atoms with Crippen LogP contribution < -0.4 is 0 Å². The van der Waals surface area contributed by atoms with E-state index in [9.17, 15) is 4.79 Å². The van der Waals surface area contributed by atoms with Gasteiger partial charge in [-0.15, -0.1) is 0 Å². The Morgan fingerprint density at radius 3 is 0.644 bits per heavy atom. The molecule has 0 radical (unpaired) electrons. The molecule has 0 N–H and O–H groups in total. The molecule has 0 bridgehead atoms. The zero-order chi connectivity index (χ0) is 62.9. The van der Waals surface area contributed by atoms with E-state index in [4.69, 9.17) is 63.8 Å². The number of methoxy groups -OCH3 is 1. The van der Waals surface area contributed by atoms with Crippen LogP contribution >= 0.6 is 31.3 Å². The van der Waals surface area contributed by atoms with E-state index in [2.05, 4.69) is 0 Å². The maximum absolute atomic E-state index is 16.3. The fraction of sp³-hybridized carbons (Fsp3) is 0.269. The first kappa shape index (κ1) is 68.0. The summed E-state index contributed by atoms with van der Waals surface area (Å²) in [6.07, 6.45) is -12.4. The number of phosphoric ester groups is 4. The average molecular weight is 1310 g/mol. The lowest BCUT2D eigenvalue weighted by Crippen LogP contribution is -2.67. The highest BCUT2D eigenvalue weighted by atomic mass is 31.2. The Labute approximate surface area is 525 Å². The number of ether oxygens (including phenoxy) is 2. The Morgan fingerprint density at radius 2 is 0.467 bits per heavy atom. The zero-order valence-corrected chi connectivity index (χ0v) is 53.3. The summed E-state index contributed by atoms with van der Waals surface area (Å²) < 4.78 is 155. The number of carbonyl (C=O) groups is 1. The molecule has 0 heterocycles. The van der Waals surface area contributed by atoms with Crippen molar-refractivity contribution in [2.75, 3.05) is 7.11 Å². The molecule has 8 aromatic rings. The van der Waals surface area contributed by atoms with Gasteiger partial charge in [0.05, 0.1) is 52.9 Å². The number of phosphoric acid groups is 4. The van der Waals surface area contributed by atoms with Gasteiger partial charge in [0.1, 0.15) is 30.5 Å². The summed E-state index contributed by atoms with van der Waals surface area (Å²) in [6.45, 7) is -1.33. The van der Waals surface area contributed by atoms with Gasteiger partial charge in [-0.1, -0.05) is 250 Å². The smallest absolute Gasteiger partial charge is 0.457 e. The van der Waals surface area contributed by atoms with Gasteiger partial charge in [0.25, 0.3) is 0 Å². The monoisotopic (exact) mass is 1300 g/mol. The lowest BCUT2D eigenvalue weighted by atomic mass is 9.84. The van der Waals surface area contributed by atoms with Crippen LogP contribution in [0.5, 0.6) is 0 Å². The molecule has 0 aromatic heterocycles. The van der Waals surface area contributed by atoms with Gasteiger partial charge in [0.15, 0.2) is 6.10 Å². The maximum Gasteiger partial charge on any atom is 0.475 e. The minimum atomic E-state index is -5.23. The highest BCUT2D eigenvalue weighted by molar-refractivity contribution is 7.49. The molecule has 474 valence electrons. The summed E-state index contributed by atoms with van der Waals surface area (Å²) in [4.78, 5) is 14.4. The van der Waals surface area contributed by atoms with Gasteiger partial charge < -0.3 is 9.47 Å². The van der Waals surface area contributed by atoms with E-state index in [1.807, 2.05) is 0 Å². The predicted molar refractivity (Wildman–Crippen MR) is 335 cm³/mol. The van der Waals surface area contributed by atoms with Crippen LogP contribution in [-0.4, -0.2) is 49.7 Å². The first-order chi connectivity index (χ1) is 43.8. The fourth-order valence-electron chi connectivity index (χ4n) is 9.23. The van der Waals surface area contributed by atoms with E-state index in [1.165, 1.54) is 7.11 Å². The number of benzene rings is 8. The van der Waals surface area contributed by atoms with Crippen molar-refractivity contribution in [2.24, 2.45) is 0 Å². The van der Waals surface area contributed by atoms with Crippen molar-refractivity contribution in [3.8, 4) is 0 Å². The zero-order valence-electron chi connectivity index (χ0n) is 49.7. The van der Waals surface area contributed by atoms with Crippen LogP contribution in [0.3, 0.4) is 0 Å². The molecule has 1 aliphatic carbocycles. The van der Waals surface area contributed by atoms with Gasteiger partial charge in [-0.25, -0.2) is 18.3 Å².